The lowest BCUT2D eigenvalue weighted by Gasteiger charge is -2.25. The number of nitrogens with one attached hydrogen (secondary N) is 1. The van der Waals surface area contributed by atoms with Crippen molar-refractivity contribution in [2.45, 2.75) is 59.5 Å². The lowest BCUT2D eigenvalue weighted by molar-refractivity contribution is 0.182. The fraction of sp³-hybridized carbons (Fsp3) is 1.00. The van der Waals surface area contributed by atoms with Crippen molar-refractivity contribution in [3.8, 4) is 0 Å². The summed E-state index contributed by atoms with van der Waals surface area (Å²) in [6.07, 6.45) is 4.98. The first kappa shape index (κ1) is 13.9. The summed E-state index contributed by atoms with van der Waals surface area (Å²) in [5.74, 6) is 0. The second-order valence-electron chi connectivity index (χ2n) is 5.10. The molecule has 0 aromatic heterocycles. The van der Waals surface area contributed by atoms with Crippen molar-refractivity contribution < 1.29 is 5.11 Å². The number of unbranched alkanes of at least 4 members (excludes halogenated alkanes) is 2. The molecule has 86 valence electrons. The Bertz CT molecular complexity index is 132. The van der Waals surface area contributed by atoms with Gasteiger partial charge >= 0.3 is 0 Å². The zero-order valence-corrected chi connectivity index (χ0v) is 10.3. The molecule has 0 aliphatic carbocycles. The summed E-state index contributed by atoms with van der Waals surface area (Å²) >= 11 is 0. The molecule has 0 spiro atoms. The second-order valence-corrected chi connectivity index (χ2v) is 5.10. The monoisotopic (exact) mass is 201 g/mol. The predicted octanol–water partition coefficient (Wildman–Crippen LogP) is 2.56. The minimum Gasteiger partial charge on any atom is -0.392 e. The van der Waals surface area contributed by atoms with Crippen LogP contribution in [0.15, 0.2) is 0 Å². The lowest BCUT2D eigenvalue weighted by Crippen LogP contribution is -2.33. The van der Waals surface area contributed by atoms with Crippen LogP contribution < -0.4 is 5.32 Å². The van der Waals surface area contributed by atoms with Gasteiger partial charge in [0.05, 0.1) is 6.10 Å². The topological polar surface area (TPSA) is 32.3 Å². The van der Waals surface area contributed by atoms with E-state index in [2.05, 4.69) is 26.1 Å². The molecule has 2 nitrogen and oxygen atoms in total. The normalized spacial score (nSPS) is 14.4. The third-order valence-electron chi connectivity index (χ3n) is 2.50. The van der Waals surface area contributed by atoms with Crippen LogP contribution in [0.4, 0.5) is 0 Å². The van der Waals surface area contributed by atoms with Gasteiger partial charge in [-0.25, -0.2) is 0 Å². The van der Waals surface area contributed by atoms with Gasteiger partial charge in [-0.05, 0) is 18.8 Å². The Kier molecular flexibility index (Phi) is 7.20. The highest BCUT2D eigenvalue weighted by atomic mass is 16.3. The van der Waals surface area contributed by atoms with E-state index in [1.165, 1.54) is 25.7 Å². The third kappa shape index (κ3) is 8.52. The van der Waals surface area contributed by atoms with Crippen molar-refractivity contribution in [2.24, 2.45) is 5.41 Å². The van der Waals surface area contributed by atoms with Gasteiger partial charge in [-0.2, -0.15) is 0 Å². The molecule has 1 atom stereocenters. The van der Waals surface area contributed by atoms with E-state index in [1.807, 2.05) is 6.92 Å². The van der Waals surface area contributed by atoms with Crippen molar-refractivity contribution in [1.82, 2.24) is 5.32 Å². The first-order valence-electron chi connectivity index (χ1n) is 5.87. The lowest BCUT2D eigenvalue weighted by atomic mass is 9.87. The third-order valence-corrected chi connectivity index (χ3v) is 2.50. The van der Waals surface area contributed by atoms with Crippen LogP contribution >= 0.6 is 0 Å². The Morgan fingerprint density at radius 3 is 2.43 bits per heavy atom. The van der Waals surface area contributed by atoms with Gasteiger partial charge in [0.1, 0.15) is 0 Å². The standard InChI is InChI=1S/C12H27NO/c1-5-6-7-8-12(3,4)10-13-9-11(2)14/h11,13-14H,5-10H2,1-4H3/t11-/m0/s1. The van der Waals surface area contributed by atoms with Crippen molar-refractivity contribution >= 4 is 0 Å². The Hall–Kier alpha value is -0.0800. The molecule has 14 heavy (non-hydrogen) atoms. The van der Waals surface area contributed by atoms with E-state index in [4.69, 9.17) is 5.11 Å². The van der Waals surface area contributed by atoms with E-state index < -0.39 is 0 Å². The molecule has 2 N–H and O–H groups in total. The van der Waals surface area contributed by atoms with E-state index >= 15 is 0 Å². The average Bonchev–Trinajstić information content (AvgIpc) is 2.03. The summed E-state index contributed by atoms with van der Waals surface area (Å²) in [6, 6.07) is 0. The first-order chi connectivity index (χ1) is 6.48. The molecule has 0 aromatic carbocycles. The van der Waals surface area contributed by atoms with Crippen molar-refractivity contribution in [1.29, 1.82) is 0 Å². The van der Waals surface area contributed by atoms with Crippen LogP contribution in [0.5, 0.6) is 0 Å². The largest absolute Gasteiger partial charge is 0.392 e. The number of hydrogen-bond acceptors (Lipinski definition) is 2. The molecule has 0 radical (unpaired) electrons. The summed E-state index contributed by atoms with van der Waals surface area (Å²) < 4.78 is 0. The van der Waals surface area contributed by atoms with Gasteiger partial charge in [-0.3, -0.25) is 0 Å². The maximum atomic E-state index is 9.10. The molecule has 0 bridgehead atoms. The summed E-state index contributed by atoms with van der Waals surface area (Å²) in [5.41, 5.74) is 0.365. The van der Waals surface area contributed by atoms with Crippen molar-refractivity contribution in [2.75, 3.05) is 13.1 Å². The summed E-state index contributed by atoms with van der Waals surface area (Å²) in [6.45, 7) is 10.3. The fourth-order valence-corrected chi connectivity index (χ4v) is 1.56. The van der Waals surface area contributed by atoms with Crippen molar-refractivity contribution in [3.63, 3.8) is 0 Å². The zero-order chi connectivity index (χ0) is 11.0. The molecule has 0 unspecified atom stereocenters. The zero-order valence-electron chi connectivity index (χ0n) is 10.3. The van der Waals surface area contributed by atoms with Crippen LogP contribution in [0.2, 0.25) is 0 Å². The van der Waals surface area contributed by atoms with E-state index in [9.17, 15) is 0 Å². The van der Waals surface area contributed by atoms with Gasteiger partial charge in [0.15, 0.2) is 0 Å². The summed E-state index contributed by atoms with van der Waals surface area (Å²) in [4.78, 5) is 0. The van der Waals surface area contributed by atoms with Gasteiger partial charge in [-0.15, -0.1) is 0 Å². The Balaban J connectivity index is 3.50. The summed E-state index contributed by atoms with van der Waals surface area (Å²) in [5, 5.41) is 12.4. The Morgan fingerprint density at radius 1 is 1.29 bits per heavy atom. The number of aliphatic hydroxyl groups is 1. The van der Waals surface area contributed by atoms with Gasteiger partial charge in [0.25, 0.3) is 0 Å². The molecule has 0 fully saturated rings. The minimum atomic E-state index is -0.235. The highest BCUT2D eigenvalue weighted by Crippen LogP contribution is 2.22. The van der Waals surface area contributed by atoms with E-state index in [0.717, 1.165) is 6.54 Å². The van der Waals surface area contributed by atoms with Crippen molar-refractivity contribution in [3.05, 3.63) is 0 Å². The quantitative estimate of drug-likeness (QED) is 0.592. The van der Waals surface area contributed by atoms with Crippen LogP contribution in [0.25, 0.3) is 0 Å². The van der Waals surface area contributed by atoms with Gasteiger partial charge in [0.2, 0.25) is 0 Å². The molecule has 0 aromatic rings. The summed E-state index contributed by atoms with van der Waals surface area (Å²) in [7, 11) is 0. The molecule has 0 amide bonds. The van der Waals surface area contributed by atoms with Gasteiger partial charge in [0, 0.05) is 13.1 Å². The highest BCUT2D eigenvalue weighted by Gasteiger charge is 2.16. The minimum absolute atomic E-state index is 0.235. The molecule has 0 saturated carbocycles. The van der Waals surface area contributed by atoms with E-state index in [-0.39, 0.29) is 6.10 Å². The van der Waals surface area contributed by atoms with Crippen LogP contribution in [0, 0.1) is 5.41 Å². The molecular formula is C12H27NO. The van der Waals surface area contributed by atoms with Crippen LogP contribution in [-0.2, 0) is 0 Å². The second kappa shape index (κ2) is 7.24. The van der Waals surface area contributed by atoms with Gasteiger partial charge in [-0.1, -0.05) is 40.0 Å². The maximum absolute atomic E-state index is 9.10. The molecule has 0 aliphatic heterocycles. The first-order valence-corrected chi connectivity index (χ1v) is 5.87. The van der Waals surface area contributed by atoms with E-state index in [0.29, 0.717) is 12.0 Å². The highest BCUT2D eigenvalue weighted by molar-refractivity contribution is 4.72. The van der Waals surface area contributed by atoms with Gasteiger partial charge < -0.3 is 10.4 Å². The molecular weight excluding hydrogens is 174 g/mol. The SMILES string of the molecule is CCCCCC(C)(C)CNC[C@H](C)O. The fourth-order valence-electron chi connectivity index (χ4n) is 1.56. The Morgan fingerprint density at radius 2 is 1.93 bits per heavy atom. The molecule has 2 heteroatoms. The maximum Gasteiger partial charge on any atom is 0.0636 e. The van der Waals surface area contributed by atoms with Crippen LogP contribution in [0.3, 0.4) is 0 Å². The predicted molar refractivity (Wildman–Crippen MR) is 62.5 cm³/mol. The van der Waals surface area contributed by atoms with Crippen LogP contribution in [-0.4, -0.2) is 24.3 Å². The van der Waals surface area contributed by atoms with Crippen LogP contribution in [0.1, 0.15) is 53.4 Å². The number of aliphatic hydroxyl groups excluding tert-OH is 1. The average molecular weight is 201 g/mol. The Labute approximate surface area is 89.1 Å². The number of rotatable bonds is 8. The molecule has 0 heterocycles. The molecule has 0 aliphatic rings. The number of hydrogen-bond donors (Lipinski definition) is 2. The molecule has 0 rings (SSSR count). The van der Waals surface area contributed by atoms with E-state index in [1.54, 1.807) is 0 Å². The molecule has 0 saturated heterocycles. The smallest absolute Gasteiger partial charge is 0.0636 e.